The van der Waals surface area contributed by atoms with Gasteiger partial charge in [0.1, 0.15) is 11.5 Å². The molecule has 2 aromatic carbocycles. The van der Waals surface area contributed by atoms with Crippen molar-refractivity contribution < 1.29 is 23.1 Å². The molecule has 28 heavy (non-hydrogen) atoms. The Labute approximate surface area is 165 Å². The van der Waals surface area contributed by atoms with Crippen LogP contribution in [0.4, 0.5) is 0 Å². The van der Waals surface area contributed by atoms with Crippen LogP contribution < -0.4 is 4.74 Å². The highest BCUT2D eigenvalue weighted by atomic mass is 32.2. The average Bonchev–Trinajstić information content (AvgIpc) is 2.69. The number of rotatable bonds is 4. The van der Waals surface area contributed by atoms with Gasteiger partial charge in [0.25, 0.3) is 5.91 Å². The van der Waals surface area contributed by atoms with E-state index in [0.717, 1.165) is 5.56 Å². The third-order valence-corrected chi connectivity index (χ3v) is 6.96. The maximum Gasteiger partial charge on any atom is 0.257 e. The molecule has 0 unspecified atom stereocenters. The number of aryl methyl sites for hydroxylation is 2. The molecule has 150 valence electrons. The van der Waals surface area contributed by atoms with Crippen molar-refractivity contribution in [2.45, 2.75) is 18.7 Å². The Morgan fingerprint density at radius 1 is 1.04 bits per heavy atom. The number of phenols is 1. The number of piperazine rings is 1. The smallest absolute Gasteiger partial charge is 0.257 e. The average molecular weight is 404 g/mol. The SMILES string of the molecule is COc1ccc(C(=O)N2CCN(S(=O)(=O)c3cc(C)ccc3C)CC2)c(O)c1. The van der Waals surface area contributed by atoms with Gasteiger partial charge in [-0.15, -0.1) is 0 Å². The van der Waals surface area contributed by atoms with Crippen LogP contribution in [-0.2, 0) is 10.0 Å². The van der Waals surface area contributed by atoms with Crippen molar-refractivity contribution in [3.63, 3.8) is 0 Å². The number of benzene rings is 2. The number of methoxy groups -OCH3 is 1. The molecule has 2 aromatic rings. The first kappa shape index (κ1) is 20.2. The lowest BCUT2D eigenvalue weighted by molar-refractivity contribution is 0.0694. The molecule has 0 bridgehead atoms. The molecular formula is C20H24N2O5S. The van der Waals surface area contributed by atoms with E-state index in [9.17, 15) is 18.3 Å². The van der Waals surface area contributed by atoms with Crippen LogP contribution in [-0.4, -0.2) is 61.9 Å². The number of carbonyl (C=O) groups is 1. The summed E-state index contributed by atoms with van der Waals surface area (Å²) >= 11 is 0. The van der Waals surface area contributed by atoms with Gasteiger partial charge in [-0.2, -0.15) is 4.31 Å². The van der Waals surface area contributed by atoms with Gasteiger partial charge < -0.3 is 14.7 Å². The molecule has 3 rings (SSSR count). The number of ether oxygens (including phenoxy) is 1. The second kappa shape index (κ2) is 7.81. The molecule has 0 radical (unpaired) electrons. The van der Waals surface area contributed by atoms with E-state index < -0.39 is 10.0 Å². The molecule has 0 saturated carbocycles. The minimum atomic E-state index is -3.62. The Morgan fingerprint density at radius 2 is 1.71 bits per heavy atom. The largest absolute Gasteiger partial charge is 0.507 e. The van der Waals surface area contributed by atoms with Crippen molar-refractivity contribution in [3.8, 4) is 11.5 Å². The summed E-state index contributed by atoms with van der Waals surface area (Å²) in [4.78, 5) is 14.6. The molecule has 0 atom stereocenters. The van der Waals surface area contributed by atoms with Gasteiger partial charge in [0.05, 0.1) is 17.6 Å². The minimum absolute atomic E-state index is 0.158. The summed E-state index contributed by atoms with van der Waals surface area (Å²) in [5.74, 6) is -0.0304. The normalized spacial score (nSPS) is 15.5. The molecule has 1 aliphatic heterocycles. The molecule has 0 spiro atoms. The van der Waals surface area contributed by atoms with Crippen LogP contribution in [0.3, 0.4) is 0 Å². The van der Waals surface area contributed by atoms with Crippen LogP contribution in [0.2, 0.25) is 0 Å². The third-order valence-electron chi connectivity index (χ3n) is 4.92. The number of nitrogens with zero attached hydrogens (tertiary/aromatic N) is 2. The maximum absolute atomic E-state index is 13.0. The first-order valence-electron chi connectivity index (χ1n) is 8.97. The summed E-state index contributed by atoms with van der Waals surface area (Å²) < 4.78 is 32.4. The first-order valence-corrected chi connectivity index (χ1v) is 10.4. The summed E-state index contributed by atoms with van der Waals surface area (Å²) in [6, 6.07) is 9.86. The Kier molecular flexibility index (Phi) is 5.62. The number of sulfonamides is 1. The van der Waals surface area contributed by atoms with Crippen molar-refractivity contribution in [1.82, 2.24) is 9.21 Å². The number of hydrogen-bond acceptors (Lipinski definition) is 5. The van der Waals surface area contributed by atoms with E-state index in [1.807, 2.05) is 13.0 Å². The van der Waals surface area contributed by atoms with Crippen molar-refractivity contribution in [2.75, 3.05) is 33.3 Å². The van der Waals surface area contributed by atoms with Crippen LogP contribution in [0.25, 0.3) is 0 Å². The van der Waals surface area contributed by atoms with Crippen molar-refractivity contribution in [1.29, 1.82) is 0 Å². The van der Waals surface area contributed by atoms with Crippen LogP contribution in [0, 0.1) is 13.8 Å². The van der Waals surface area contributed by atoms with E-state index >= 15 is 0 Å². The highest BCUT2D eigenvalue weighted by Crippen LogP contribution is 2.26. The van der Waals surface area contributed by atoms with E-state index in [2.05, 4.69) is 0 Å². The Bertz CT molecular complexity index is 996. The van der Waals surface area contributed by atoms with E-state index in [1.54, 1.807) is 30.0 Å². The van der Waals surface area contributed by atoms with Gasteiger partial charge in [-0.1, -0.05) is 12.1 Å². The molecule has 1 amide bonds. The Hall–Kier alpha value is -2.58. The fraction of sp³-hybridized carbons (Fsp3) is 0.350. The number of aromatic hydroxyl groups is 1. The highest BCUT2D eigenvalue weighted by molar-refractivity contribution is 7.89. The molecule has 7 nitrogen and oxygen atoms in total. The van der Waals surface area contributed by atoms with Gasteiger partial charge in [-0.05, 0) is 43.2 Å². The topological polar surface area (TPSA) is 87.2 Å². The maximum atomic E-state index is 13.0. The van der Waals surface area contributed by atoms with Crippen LogP contribution >= 0.6 is 0 Å². The van der Waals surface area contributed by atoms with Crippen molar-refractivity contribution in [3.05, 3.63) is 53.1 Å². The van der Waals surface area contributed by atoms with Gasteiger partial charge in [-0.25, -0.2) is 8.42 Å². The summed E-state index contributed by atoms with van der Waals surface area (Å²) in [5, 5.41) is 10.1. The molecule has 1 fully saturated rings. The molecule has 1 N–H and O–H groups in total. The molecular weight excluding hydrogens is 380 g/mol. The van der Waals surface area contributed by atoms with Crippen LogP contribution in [0.5, 0.6) is 11.5 Å². The van der Waals surface area contributed by atoms with Gasteiger partial charge in [-0.3, -0.25) is 4.79 Å². The molecule has 0 aromatic heterocycles. The summed E-state index contributed by atoms with van der Waals surface area (Å²) in [6.07, 6.45) is 0. The fourth-order valence-corrected chi connectivity index (χ4v) is 4.98. The quantitative estimate of drug-likeness (QED) is 0.844. The van der Waals surface area contributed by atoms with E-state index in [-0.39, 0.29) is 43.4 Å². The molecule has 1 heterocycles. The van der Waals surface area contributed by atoms with E-state index in [0.29, 0.717) is 16.2 Å². The zero-order chi connectivity index (χ0) is 20.5. The standard InChI is InChI=1S/C20H24N2O5S/c1-14-4-5-15(2)19(12-14)28(25,26)22-10-8-21(9-11-22)20(24)17-7-6-16(27-3)13-18(17)23/h4-7,12-13,23H,8-11H2,1-3H3. The number of phenolic OH excluding ortho intramolecular Hbond substituents is 1. The van der Waals surface area contributed by atoms with E-state index in [1.165, 1.54) is 23.5 Å². The number of amides is 1. The van der Waals surface area contributed by atoms with Gasteiger partial charge in [0, 0.05) is 32.2 Å². The van der Waals surface area contributed by atoms with Crippen LogP contribution in [0.1, 0.15) is 21.5 Å². The summed E-state index contributed by atoms with van der Waals surface area (Å²) in [7, 11) is -2.14. The minimum Gasteiger partial charge on any atom is -0.507 e. The Morgan fingerprint density at radius 3 is 2.32 bits per heavy atom. The van der Waals surface area contributed by atoms with E-state index in [4.69, 9.17) is 4.74 Å². The van der Waals surface area contributed by atoms with Crippen molar-refractivity contribution >= 4 is 15.9 Å². The molecule has 0 aliphatic carbocycles. The van der Waals surface area contributed by atoms with Gasteiger partial charge in [0.15, 0.2) is 0 Å². The van der Waals surface area contributed by atoms with Crippen LogP contribution in [0.15, 0.2) is 41.3 Å². The lowest BCUT2D eigenvalue weighted by atomic mass is 10.1. The molecule has 8 heteroatoms. The number of carbonyl (C=O) groups excluding carboxylic acids is 1. The second-order valence-electron chi connectivity index (χ2n) is 6.85. The third kappa shape index (κ3) is 3.83. The predicted octanol–water partition coefficient (Wildman–Crippen LogP) is 2.16. The zero-order valence-electron chi connectivity index (χ0n) is 16.2. The van der Waals surface area contributed by atoms with Gasteiger partial charge in [0.2, 0.25) is 10.0 Å². The van der Waals surface area contributed by atoms with Crippen molar-refractivity contribution in [2.24, 2.45) is 0 Å². The Balaban J connectivity index is 1.73. The first-order chi connectivity index (χ1) is 13.2. The summed E-state index contributed by atoms with van der Waals surface area (Å²) in [5.41, 5.74) is 1.76. The second-order valence-corrected chi connectivity index (χ2v) is 8.75. The van der Waals surface area contributed by atoms with Gasteiger partial charge >= 0.3 is 0 Å². The number of hydrogen-bond donors (Lipinski definition) is 1. The lowest BCUT2D eigenvalue weighted by Gasteiger charge is -2.34. The summed E-state index contributed by atoms with van der Waals surface area (Å²) in [6.45, 7) is 4.56. The fourth-order valence-electron chi connectivity index (χ4n) is 3.25. The lowest BCUT2D eigenvalue weighted by Crippen LogP contribution is -2.50. The molecule has 1 saturated heterocycles. The molecule has 1 aliphatic rings. The monoisotopic (exact) mass is 404 g/mol. The predicted molar refractivity (Wildman–Crippen MR) is 105 cm³/mol. The highest BCUT2D eigenvalue weighted by Gasteiger charge is 2.32. The zero-order valence-corrected chi connectivity index (χ0v) is 17.0.